The van der Waals surface area contributed by atoms with Crippen LogP contribution in [-0.2, 0) is 22.2 Å². The summed E-state index contributed by atoms with van der Waals surface area (Å²) in [4.78, 5) is 34.7. The van der Waals surface area contributed by atoms with Crippen LogP contribution in [0.15, 0.2) is 48.7 Å². The fraction of sp³-hybridized carbons (Fsp3) is 0.435. The van der Waals surface area contributed by atoms with Gasteiger partial charge in [0, 0.05) is 51.9 Å². The zero-order chi connectivity index (χ0) is 22.7. The summed E-state index contributed by atoms with van der Waals surface area (Å²) >= 11 is 0. The van der Waals surface area contributed by atoms with Gasteiger partial charge in [-0.1, -0.05) is 30.3 Å². The zero-order valence-corrected chi connectivity index (χ0v) is 17.6. The first kappa shape index (κ1) is 22.1. The number of aromatic nitrogens is 1. The summed E-state index contributed by atoms with van der Waals surface area (Å²) < 4.78 is 38.1. The molecule has 1 aromatic carbocycles. The number of amides is 2. The average molecular weight is 446 g/mol. The van der Waals surface area contributed by atoms with Gasteiger partial charge in [0.15, 0.2) is 0 Å². The van der Waals surface area contributed by atoms with Crippen LogP contribution in [0.4, 0.5) is 19.0 Å². The van der Waals surface area contributed by atoms with Crippen LogP contribution in [0.5, 0.6) is 0 Å². The molecule has 0 aliphatic carbocycles. The second-order valence-electron chi connectivity index (χ2n) is 8.19. The molecule has 0 radical (unpaired) electrons. The van der Waals surface area contributed by atoms with Crippen LogP contribution in [0.2, 0.25) is 0 Å². The van der Waals surface area contributed by atoms with E-state index >= 15 is 0 Å². The van der Waals surface area contributed by atoms with E-state index in [9.17, 15) is 22.8 Å². The number of piperazine rings is 1. The summed E-state index contributed by atoms with van der Waals surface area (Å²) in [6.07, 6.45) is -2.59. The molecule has 32 heavy (non-hydrogen) atoms. The second-order valence-corrected chi connectivity index (χ2v) is 8.19. The van der Waals surface area contributed by atoms with Gasteiger partial charge in [-0.25, -0.2) is 4.98 Å². The van der Waals surface area contributed by atoms with Gasteiger partial charge in [-0.05, 0) is 24.1 Å². The van der Waals surface area contributed by atoms with Gasteiger partial charge in [0.2, 0.25) is 11.8 Å². The molecule has 0 saturated carbocycles. The summed E-state index contributed by atoms with van der Waals surface area (Å²) in [6, 6.07) is 12.3. The third-order valence-corrected chi connectivity index (χ3v) is 6.07. The molecule has 0 N–H and O–H groups in total. The predicted octanol–water partition coefficient (Wildman–Crippen LogP) is 2.84. The largest absolute Gasteiger partial charge is 0.417 e. The van der Waals surface area contributed by atoms with Crippen LogP contribution < -0.4 is 4.90 Å². The van der Waals surface area contributed by atoms with Crippen LogP contribution in [0.25, 0.3) is 0 Å². The molecule has 0 spiro atoms. The number of anilines is 1. The first-order valence-electron chi connectivity index (χ1n) is 10.7. The van der Waals surface area contributed by atoms with E-state index in [0.717, 1.165) is 24.2 Å². The minimum atomic E-state index is -4.41. The van der Waals surface area contributed by atoms with E-state index < -0.39 is 11.7 Å². The molecule has 1 aromatic heterocycles. The third kappa shape index (κ3) is 5.03. The molecule has 1 atom stereocenters. The first-order chi connectivity index (χ1) is 15.3. The first-order valence-corrected chi connectivity index (χ1v) is 10.7. The van der Waals surface area contributed by atoms with E-state index in [4.69, 9.17) is 0 Å². The SMILES string of the molecule is O=C1CC(C(=O)N2CCN(c3ccc(C(F)(F)F)cn3)CC2)CN1CCc1ccccc1. The molecule has 170 valence electrons. The molecular weight excluding hydrogens is 421 g/mol. The van der Waals surface area contributed by atoms with E-state index in [1.54, 1.807) is 9.80 Å². The highest BCUT2D eigenvalue weighted by molar-refractivity contribution is 5.89. The van der Waals surface area contributed by atoms with Gasteiger partial charge < -0.3 is 14.7 Å². The Labute approximate surface area is 184 Å². The normalized spacial score (nSPS) is 19.5. The Kier molecular flexibility index (Phi) is 6.34. The number of carbonyl (C=O) groups excluding carboxylic acids is 2. The smallest absolute Gasteiger partial charge is 0.353 e. The summed E-state index contributed by atoms with van der Waals surface area (Å²) in [5, 5.41) is 0. The van der Waals surface area contributed by atoms with Gasteiger partial charge in [0.25, 0.3) is 0 Å². The number of hydrogen-bond donors (Lipinski definition) is 0. The lowest BCUT2D eigenvalue weighted by Crippen LogP contribution is -2.51. The fourth-order valence-electron chi connectivity index (χ4n) is 4.22. The quantitative estimate of drug-likeness (QED) is 0.709. The maximum Gasteiger partial charge on any atom is 0.417 e. The number of alkyl halides is 3. The van der Waals surface area contributed by atoms with Crippen molar-refractivity contribution in [2.45, 2.75) is 19.0 Å². The van der Waals surface area contributed by atoms with Crippen molar-refractivity contribution in [1.29, 1.82) is 0 Å². The number of benzene rings is 1. The molecule has 2 aliphatic rings. The van der Waals surface area contributed by atoms with Crippen molar-refractivity contribution in [3.8, 4) is 0 Å². The molecule has 6 nitrogen and oxygen atoms in total. The van der Waals surface area contributed by atoms with E-state index in [0.29, 0.717) is 45.1 Å². The van der Waals surface area contributed by atoms with Crippen molar-refractivity contribution < 1.29 is 22.8 Å². The predicted molar refractivity (Wildman–Crippen MR) is 113 cm³/mol. The Morgan fingerprint density at radius 3 is 2.38 bits per heavy atom. The van der Waals surface area contributed by atoms with Crippen molar-refractivity contribution in [3.63, 3.8) is 0 Å². The molecule has 4 rings (SSSR count). The van der Waals surface area contributed by atoms with E-state index in [2.05, 4.69) is 4.98 Å². The zero-order valence-electron chi connectivity index (χ0n) is 17.6. The number of likely N-dealkylation sites (tertiary alicyclic amines) is 1. The number of rotatable bonds is 5. The Morgan fingerprint density at radius 2 is 1.75 bits per heavy atom. The summed E-state index contributed by atoms with van der Waals surface area (Å²) in [5.41, 5.74) is 0.376. The number of carbonyl (C=O) groups is 2. The molecular formula is C23H25F3N4O2. The average Bonchev–Trinajstić information content (AvgIpc) is 3.18. The van der Waals surface area contributed by atoms with Gasteiger partial charge in [0.1, 0.15) is 5.82 Å². The lowest BCUT2D eigenvalue weighted by atomic mass is 10.1. The highest BCUT2D eigenvalue weighted by atomic mass is 19.4. The topological polar surface area (TPSA) is 56.8 Å². The highest BCUT2D eigenvalue weighted by Crippen LogP contribution is 2.29. The molecule has 9 heteroatoms. The molecule has 2 aliphatic heterocycles. The second kappa shape index (κ2) is 9.18. The third-order valence-electron chi connectivity index (χ3n) is 6.07. The van der Waals surface area contributed by atoms with E-state index in [1.807, 2.05) is 35.2 Å². The molecule has 2 saturated heterocycles. The van der Waals surface area contributed by atoms with Crippen LogP contribution in [-0.4, -0.2) is 65.9 Å². The monoisotopic (exact) mass is 446 g/mol. The van der Waals surface area contributed by atoms with E-state index in [1.165, 1.54) is 6.07 Å². The van der Waals surface area contributed by atoms with Crippen molar-refractivity contribution in [2.24, 2.45) is 5.92 Å². The minimum Gasteiger partial charge on any atom is -0.353 e. The van der Waals surface area contributed by atoms with Crippen molar-refractivity contribution in [1.82, 2.24) is 14.8 Å². The highest BCUT2D eigenvalue weighted by Gasteiger charge is 2.37. The van der Waals surface area contributed by atoms with Gasteiger partial charge in [-0.3, -0.25) is 9.59 Å². The van der Waals surface area contributed by atoms with Crippen molar-refractivity contribution in [3.05, 3.63) is 59.8 Å². The van der Waals surface area contributed by atoms with Crippen LogP contribution in [0.3, 0.4) is 0 Å². The van der Waals surface area contributed by atoms with Gasteiger partial charge in [-0.15, -0.1) is 0 Å². The molecule has 1 unspecified atom stereocenters. The summed E-state index contributed by atoms with van der Waals surface area (Å²) in [5.74, 6) is 0.106. The molecule has 2 aromatic rings. The van der Waals surface area contributed by atoms with Crippen LogP contribution in [0.1, 0.15) is 17.5 Å². The fourth-order valence-corrected chi connectivity index (χ4v) is 4.22. The Morgan fingerprint density at radius 1 is 1.03 bits per heavy atom. The molecule has 2 amide bonds. The van der Waals surface area contributed by atoms with E-state index in [-0.39, 0.29) is 24.2 Å². The van der Waals surface area contributed by atoms with Crippen LogP contribution in [0, 0.1) is 5.92 Å². The van der Waals surface area contributed by atoms with Gasteiger partial charge >= 0.3 is 6.18 Å². The van der Waals surface area contributed by atoms with Gasteiger partial charge in [-0.2, -0.15) is 13.2 Å². The number of pyridine rings is 1. The standard InChI is InChI=1S/C23H25F3N4O2/c24-23(25,26)19-6-7-20(27-15-19)28-10-12-29(13-11-28)22(32)18-14-21(31)30(16-18)9-8-17-4-2-1-3-5-17/h1-7,15,18H,8-14,16H2. The maximum absolute atomic E-state index is 13.0. The Hall–Kier alpha value is -3.10. The lowest BCUT2D eigenvalue weighted by Gasteiger charge is -2.36. The van der Waals surface area contributed by atoms with Crippen molar-refractivity contribution in [2.75, 3.05) is 44.2 Å². The Balaban J connectivity index is 1.27. The number of halogens is 3. The minimum absolute atomic E-state index is 0.00636. The molecule has 2 fully saturated rings. The summed E-state index contributed by atoms with van der Waals surface area (Å²) in [7, 11) is 0. The van der Waals surface area contributed by atoms with Gasteiger partial charge in [0.05, 0.1) is 11.5 Å². The Bertz CT molecular complexity index is 942. The molecule has 0 bridgehead atoms. The maximum atomic E-state index is 13.0. The van der Waals surface area contributed by atoms with Crippen molar-refractivity contribution >= 4 is 17.6 Å². The number of hydrogen-bond acceptors (Lipinski definition) is 4. The summed E-state index contributed by atoms with van der Waals surface area (Å²) in [6.45, 7) is 2.92. The lowest BCUT2D eigenvalue weighted by molar-refractivity contribution is -0.138. The van der Waals surface area contributed by atoms with Crippen LogP contribution >= 0.6 is 0 Å². The molecule has 3 heterocycles. The number of nitrogens with zero attached hydrogens (tertiary/aromatic N) is 4.